The third-order valence-corrected chi connectivity index (χ3v) is 2.35. The highest BCUT2D eigenvalue weighted by Gasteiger charge is 2.22. The zero-order chi connectivity index (χ0) is 13.9. The van der Waals surface area contributed by atoms with Crippen molar-refractivity contribution >= 4 is 23.5 Å². The van der Waals surface area contributed by atoms with Crippen molar-refractivity contribution in [2.45, 2.75) is 6.04 Å². The molecular weight excluding hydrogens is 272 g/mol. The van der Waals surface area contributed by atoms with Gasteiger partial charge in [0.1, 0.15) is 0 Å². The number of carbonyl (C=O) groups is 2. The molecule has 1 amide bonds. The molecule has 1 atom stereocenters. The number of aliphatic hydroxyl groups is 1. The quantitative estimate of drug-likeness (QED) is 0.711. The predicted octanol–water partition coefficient (Wildman–Crippen LogP) is 0.794. The van der Waals surface area contributed by atoms with E-state index < -0.39 is 41.7 Å². The molecule has 18 heavy (non-hydrogen) atoms. The maximum atomic E-state index is 12.9. The number of carboxylic acid groups (broad SMARTS) is 1. The molecule has 0 aliphatic heterocycles. The smallest absolute Gasteiger partial charge is 0.328 e. The molecular formula is C10H8ClF2NO4. The molecule has 0 aliphatic carbocycles. The molecule has 0 fully saturated rings. The number of hydrogen-bond donors (Lipinski definition) is 3. The highest BCUT2D eigenvalue weighted by molar-refractivity contribution is 6.33. The van der Waals surface area contributed by atoms with E-state index in [1.165, 1.54) is 0 Å². The fraction of sp³-hybridized carbons (Fsp3) is 0.200. The molecule has 98 valence electrons. The van der Waals surface area contributed by atoms with E-state index in [1.54, 1.807) is 0 Å². The van der Waals surface area contributed by atoms with Crippen LogP contribution in [0.5, 0.6) is 0 Å². The maximum absolute atomic E-state index is 12.9. The second kappa shape index (κ2) is 5.74. The highest BCUT2D eigenvalue weighted by Crippen LogP contribution is 2.20. The number of carboxylic acids is 1. The minimum absolute atomic E-state index is 0.367. The number of aliphatic hydroxyl groups excluding tert-OH is 1. The Bertz CT molecular complexity index is 495. The minimum Gasteiger partial charge on any atom is -0.480 e. The van der Waals surface area contributed by atoms with Gasteiger partial charge in [-0.15, -0.1) is 0 Å². The van der Waals surface area contributed by atoms with Gasteiger partial charge in [-0.1, -0.05) is 11.6 Å². The average molecular weight is 280 g/mol. The molecule has 1 rings (SSSR count). The number of halogens is 3. The van der Waals surface area contributed by atoms with Crippen molar-refractivity contribution in [3.05, 3.63) is 34.4 Å². The molecule has 0 saturated carbocycles. The van der Waals surface area contributed by atoms with Crippen LogP contribution in [0.25, 0.3) is 0 Å². The number of rotatable bonds is 4. The number of carbonyl (C=O) groups excluding carboxylic acids is 1. The summed E-state index contributed by atoms with van der Waals surface area (Å²) < 4.78 is 25.7. The fourth-order valence-electron chi connectivity index (χ4n) is 1.12. The van der Waals surface area contributed by atoms with Crippen molar-refractivity contribution in [2.24, 2.45) is 0 Å². The van der Waals surface area contributed by atoms with Crippen LogP contribution >= 0.6 is 11.6 Å². The summed E-state index contributed by atoms with van der Waals surface area (Å²) in [5.41, 5.74) is -0.421. The molecule has 3 N–H and O–H groups in total. The Morgan fingerprint density at radius 1 is 1.33 bits per heavy atom. The fourth-order valence-corrected chi connectivity index (χ4v) is 1.35. The molecule has 0 saturated heterocycles. The second-order valence-corrected chi connectivity index (χ2v) is 3.70. The van der Waals surface area contributed by atoms with E-state index in [2.05, 4.69) is 0 Å². The first-order valence-electron chi connectivity index (χ1n) is 4.66. The molecule has 0 aliphatic rings. The van der Waals surface area contributed by atoms with Crippen molar-refractivity contribution in [3.63, 3.8) is 0 Å². The van der Waals surface area contributed by atoms with Gasteiger partial charge in [-0.3, -0.25) is 4.79 Å². The van der Waals surface area contributed by atoms with E-state index in [0.29, 0.717) is 12.1 Å². The largest absolute Gasteiger partial charge is 0.480 e. The van der Waals surface area contributed by atoms with Gasteiger partial charge >= 0.3 is 5.97 Å². The molecule has 8 heteroatoms. The van der Waals surface area contributed by atoms with Crippen LogP contribution in [0.3, 0.4) is 0 Å². The SMILES string of the molecule is O=C(N[C@H](CO)C(=O)O)c1cc(F)c(F)cc1Cl. The summed E-state index contributed by atoms with van der Waals surface area (Å²) in [7, 11) is 0. The van der Waals surface area contributed by atoms with E-state index in [-0.39, 0.29) is 5.02 Å². The van der Waals surface area contributed by atoms with Gasteiger partial charge in [-0.25, -0.2) is 13.6 Å². The molecule has 1 aromatic carbocycles. The Morgan fingerprint density at radius 2 is 1.89 bits per heavy atom. The topological polar surface area (TPSA) is 86.6 Å². The number of hydrogen-bond acceptors (Lipinski definition) is 3. The van der Waals surface area contributed by atoms with Crippen LogP contribution in [0.2, 0.25) is 5.02 Å². The van der Waals surface area contributed by atoms with Crippen molar-refractivity contribution in [2.75, 3.05) is 6.61 Å². The molecule has 0 spiro atoms. The molecule has 5 nitrogen and oxygen atoms in total. The number of aliphatic carboxylic acids is 1. The zero-order valence-electron chi connectivity index (χ0n) is 8.78. The van der Waals surface area contributed by atoms with Gasteiger partial charge in [0, 0.05) is 0 Å². The first-order valence-corrected chi connectivity index (χ1v) is 5.03. The monoisotopic (exact) mass is 279 g/mol. The molecule has 1 aromatic rings. The Kier molecular flexibility index (Phi) is 4.57. The van der Waals surface area contributed by atoms with Crippen molar-refractivity contribution < 1.29 is 28.6 Å². The molecule has 0 heterocycles. The Balaban J connectivity index is 2.97. The standard InChI is InChI=1S/C10H8ClF2NO4/c11-5-2-7(13)6(12)1-4(5)9(16)14-8(3-15)10(17)18/h1-2,8,15H,3H2,(H,14,16)(H,17,18)/t8-/m1/s1. The van der Waals surface area contributed by atoms with Gasteiger partial charge < -0.3 is 15.5 Å². The van der Waals surface area contributed by atoms with E-state index in [9.17, 15) is 18.4 Å². The summed E-state index contributed by atoms with van der Waals surface area (Å²) in [4.78, 5) is 22.1. The van der Waals surface area contributed by atoms with Gasteiger partial charge in [-0.2, -0.15) is 0 Å². The van der Waals surface area contributed by atoms with Crippen LogP contribution in [0.4, 0.5) is 8.78 Å². The summed E-state index contributed by atoms with van der Waals surface area (Å²) in [6, 6.07) is -0.411. The van der Waals surface area contributed by atoms with Crippen molar-refractivity contribution in [1.82, 2.24) is 5.32 Å². The van der Waals surface area contributed by atoms with E-state index in [4.69, 9.17) is 21.8 Å². The van der Waals surface area contributed by atoms with Crippen molar-refractivity contribution in [3.8, 4) is 0 Å². The molecule has 0 unspecified atom stereocenters. The van der Waals surface area contributed by atoms with Crippen LogP contribution in [-0.4, -0.2) is 34.7 Å². The summed E-state index contributed by atoms with van der Waals surface area (Å²) in [5, 5.41) is 18.8. The minimum atomic E-state index is -1.55. The lowest BCUT2D eigenvalue weighted by Crippen LogP contribution is -2.43. The second-order valence-electron chi connectivity index (χ2n) is 3.29. The zero-order valence-corrected chi connectivity index (χ0v) is 9.54. The van der Waals surface area contributed by atoms with Gasteiger partial charge in [0.2, 0.25) is 0 Å². The number of benzene rings is 1. The summed E-state index contributed by atoms with van der Waals surface area (Å²) >= 11 is 5.53. The van der Waals surface area contributed by atoms with E-state index >= 15 is 0 Å². The maximum Gasteiger partial charge on any atom is 0.328 e. The van der Waals surface area contributed by atoms with Gasteiger partial charge in [0.25, 0.3) is 5.91 Å². The molecule has 0 bridgehead atoms. The number of amides is 1. The van der Waals surface area contributed by atoms with Crippen LogP contribution < -0.4 is 5.32 Å². The Morgan fingerprint density at radius 3 is 2.39 bits per heavy atom. The molecule has 0 aromatic heterocycles. The lowest BCUT2D eigenvalue weighted by Gasteiger charge is -2.12. The Hall–Kier alpha value is -1.73. The summed E-state index contributed by atoms with van der Waals surface area (Å²) in [6.07, 6.45) is 0. The van der Waals surface area contributed by atoms with Crippen molar-refractivity contribution in [1.29, 1.82) is 0 Å². The Labute approximate surface area is 105 Å². The van der Waals surface area contributed by atoms with E-state index in [1.807, 2.05) is 5.32 Å². The lowest BCUT2D eigenvalue weighted by atomic mass is 10.2. The van der Waals surface area contributed by atoms with Crippen LogP contribution in [0.1, 0.15) is 10.4 Å². The summed E-state index contributed by atoms with van der Waals surface area (Å²) in [6.45, 7) is -0.845. The first kappa shape index (κ1) is 14.3. The predicted molar refractivity (Wildman–Crippen MR) is 57.3 cm³/mol. The van der Waals surface area contributed by atoms with E-state index in [0.717, 1.165) is 0 Å². The van der Waals surface area contributed by atoms with Crippen LogP contribution in [0, 0.1) is 11.6 Å². The third kappa shape index (κ3) is 3.14. The highest BCUT2D eigenvalue weighted by atomic mass is 35.5. The third-order valence-electron chi connectivity index (χ3n) is 2.04. The van der Waals surface area contributed by atoms with Crippen LogP contribution in [-0.2, 0) is 4.79 Å². The summed E-state index contributed by atoms with van der Waals surface area (Å²) in [5.74, 6) is -5.01. The van der Waals surface area contributed by atoms with Gasteiger partial charge in [-0.05, 0) is 12.1 Å². The van der Waals surface area contributed by atoms with Gasteiger partial charge in [0.05, 0.1) is 17.2 Å². The van der Waals surface area contributed by atoms with Gasteiger partial charge in [0.15, 0.2) is 17.7 Å². The number of nitrogens with one attached hydrogen (secondary N) is 1. The van der Waals surface area contributed by atoms with Crippen LogP contribution in [0.15, 0.2) is 12.1 Å². The average Bonchev–Trinajstić information content (AvgIpc) is 2.29. The first-order chi connectivity index (χ1) is 8.36. The normalized spacial score (nSPS) is 12.0. The molecule has 0 radical (unpaired) electrons. The lowest BCUT2D eigenvalue weighted by molar-refractivity contribution is -0.140.